The van der Waals surface area contributed by atoms with E-state index in [2.05, 4.69) is 47.6 Å². The van der Waals surface area contributed by atoms with Gasteiger partial charge >= 0.3 is 0 Å². The Kier molecular flexibility index (Phi) is 3.42. The molecule has 4 heteroatoms. The van der Waals surface area contributed by atoms with E-state index in [1.54, 1.807) is 0 Å². The summed E-state index contributed by atoms with van der Waals surface area (Å²) in [5.41, 5.74) is 3.25. The summed E-state index contributed by atoms with van der Waals surface area (Å²) in [5, 5.41) is 6.04. The van der Waals surface area contributed by atoms with Gasteiger partial charge in [0.15, 0.2) is 0 Å². The van der Waals surface area contributed by atoms with Crippen LogP contribution in [0.3, 0.4) is 0 Å². The summed E-state index contributed by atoms with van der Waals surface area (Å²) < 4.78 is 0. The number of fused-ring (bicyclic) bond motifs is 1. The number of carbonyl (C=O) groups excluding carboxylic acids is 1. The molecule has 20 heavy (non-hydrogen) atoms. The lowest BCUT2D eigenvalue weighted by Gasteiger charge is -2.30. The highest BCUT2D eigenvalue weighted by molar-refractivity contribution is 6.03. The van der Waals surface area contributed by atoms with Gasteiger partial charge in [0.25, 0.3) is 0 Å². The minimum Gasteiger partial charge on any atom is -0.368 e. The van der Waals surface area contributed by atoms with Crippen molar-refractivity contribution in [2.45, 2.75) is 38.8 Å². The third-order valence-corrected chi connectivity index (χ3v) is 4.56. The van der Waals surface area contributed by atoms with E-state index in [4.69, 9.17) is 0 Å². The second kappa shape index (κ2) is 5.09. The first kappa shape index (κ1) is 13.4. The standard InChI is InChI=1S/C16H23N3O/c1-10(2)14-5-4-8-19(14)11-6-7-12-13(9-11)18-16(20)15(12)17-3/h6-7,9-10,14-15,17H,4-5,8H2,1-3H3,(H,18,20). The fourth-order valence-corrected chi connectivity index (χ4v) is 3.52. The summed E-state index contributed by atoms with van der Waals surface area (Å²) in [5.74, 6) is 0.701. The predicted octanol–water partition coefficient (Wildman–Crippen LogP) is 2.52. The van der Waals surface area contributed by atoms with Gasteiger partial charge in [0.05, 0.1) is 0 Å². The summed E-state index contributed by atoms with van der Waals surface area (Å²) in [6.45, 7) is 5.69. The molecule has 2 heterocycles. The van der Waals surface area contributed by atoms with Gasteiger partial charge in [-0.05, 0) is 37.9 Å². The van der Waals surface area contributed by atoms with Crippen molar-refractivity contribution in [2.24, 2.45) is 5.92 Å². The largest absolute Gasteiger partial charge is 0.368 e. The lowest BCUT2D eigenvalue weighted by molar-refractivity contribution is -0.117. The lowest BCUT2D eigenvalue weighted by Crippen LogP contribution is -2.33. The Morgan fingerprint density at radius 1 is 1.40 bits per heavy atom. The zero-order chi connectivity index (χ0) is 14.3. The molecule has 2 N–H and O–H groups in total. The molecule has 1 amide bonds. The van der Waals surface area contributed by atoms with Crippen molar-refractivity contribution in [1.29, 1.82) is 0 Å². The number of hydrogen-bond acceptors (Lipinski definition) is 3. The van der Waals surface area contributed by atoms with Gasteiger partial charge in [-0.3, -0.25) is 4.79 Å². The van der Waals surface area contributed by atoms with E-state index in [9.17, 15) is 4.79 Å². The Hall–Kier alpha value is -1.55. The van der Waals surface area contributed by atoms with Crippen molar-refractivity contribution in [3.05, 3.63) is 23.8 Å². The number of likely N-dealkylation sites (N-methyl/N-ethyl adjacent to an activating group) is 1. The minimum absolute atomic E-state index is 0.0430. The molecule has 0 saturated carbocycles. The van der Waals surface area contributed by atoms with E-state index >= 15 is 0 Å². The third kappa shape index (κ3) is 2.08. The molecule has 2 unspecified atom stereocenters. The van der Waals surface area contributed by atoms with Crippen molar-refractivity contribution in [1.82, 2.24) is 5.32 Å². The number of amides is 1. The Balaban J connectivity index is 1.90. The van der Waals surface area contributed by atoms with Gasteiger partial charge < -0.3 is 15.5 Å². The van der Waals surface area contributed by atoms with Gasteiger partial charge in [-0.15, -0.1) is 0 Å². The molecular formula is C16H23N3O. The monoisotopic (exact) mass is 273 g/mol. The number of nitrogens with one attached hydrogen (secondary N) is 2. The molecule has 1 fully saturated rings. The van der Waals surface area contributed by atoms with Crippen LogP contribution in [0.1, 0.15) is 38.3 Å². The van der Waals surface area contributed by atoms with Crippen molar-refractivity contribution in [3.8, 4) is 0 Å². The van der Waals surface area contributed by atoms with Gasteiger partial charge in [0, 0.05) is 29.5 Å². The third-order valence-electron chi connectivity index (χ3n) is 4.56. The molecule has 3 rings (SSSR count). The fourth-order valence-electron chi connectivity index (χ4n) is 3.52. The number of nitrogens with zero attached hydrogens (tertiary/aromatic N) is 1. The first-order valence-corrected chi connectivity index (χ1v) is 7.50. The number of anilines is 2. The van der Waals surface area contributed by atoms with E-state index in [1.807, 2.05) is 7.05 Å². The van der Waals surface area contributed by atoms with E-state index in [-0.39, 0.29) is 11.9 Å². The zero-order valence-corrected chi connectivity index (χ0v) is 12.4. The highest BCUT2D eigenvalue weighted by Gasteiger charge is 2.31. The molecule has 2 aliphatic rings. The molecule has 2 atom stereocenters. The molecule has 2 aliphatic heterocycles. The minimum atomic E-state index is -0.210. The van der Waals surface area contributed by atoms with Crippen LogP contribution in [0, 0.1) is 5.92 Å². The van der Waals surface area contributed by atoms with Crippen LogP contribution in [-0.4, -0.2) is 25.5 Å². The molecule has 108 valence electrons. The molecule has 0 bridgehead atoms. The summed E-state index contributed by atoms with van der Waals surface area (Å²) >= 11 is 0. The topological polar surface area (TPSA) is 44.4 Å². The van der Waals surface area contributed by atoms with Crippen molar-refractivity contribution < 1.29 is 4.79 Å². The SMILES string of the molecule is CNC1C(=O)Nc2cc(N3CCCC3C(C)C)ccc21. The van der Waals surface area contributed by atoms with Gasteiger partial charge in [-0.2, -0.15) is 0 Å². The van der Waals surface area contributed by atoms with E-state index in [1.165, 1.54) is 18.5 Å². The van der Waals surface area contributed by atoms with Crippen LogP contribution in [-0.2, 0) is 4.79 Å². The molecule has 1 aromatic carbocycles. The fraction of sp³-hybridized carbons (Fsp3) is 0.562. The van der Waals surface area contributed by atoms with Crippen molar-refractivity contribution in [2.75, 3.05) is 23.8 Å². The van der Waals surface area contributed by atoms with E-state index in [0.29, 0.717) is 12.0 Å². The average Bonchev–Trinajstić information content (AvgIpc) is 3.00. The molecule has 1 aromatic rings. The van der Waals surface area contributed by atoms with Gasteiger partial charge in [-0.1, -0.05) is 19.9 Å². The Labute approximate surface area is 120 Å². The Bertz CT molecular complexity index is 526. The van der Waals surface area contributed by atoms with Crippen molar-refractivity contribution in [3.63, 3.8) is 0 Å². The summed E-state index contributed by atoms with van der Waals surface area (Å²) in [7, 11) is 1.82. The normalized spacial score (nSPS) is 25.2. The molecule has 1 saturated heterocycles. The maximum absolute atomic E-state index is 11.9. The van der Waals surface area contributed by atoms with Crippen LogP contribution < -0.4 is 15.5 Å². The van der Waals surface area contributed by atoms with Gasteiger partial charge in [0.2, 0.25) is 5.91 Å². The first-order chi connectivity index (χ1) is 9.61. The Morgan fingerprint density at radius 3 is 2.90 bits per heavy atom. The van der Waals surface area contributed by atoms with Crippen LogP contribution in [0.5, 0.6) is 0 Å². The molecule has 0 spiro atoms. The maximum Gasteiger partial charge on any atom is 0.246 e. The van der Waals surface area contributed by atoms with E-state index < -0.39 is 0 Å². The highest BCUT2D eigenvalue weighted by Crippen LogP contribution is 2.37. The van der Waals surface area contributed by atoms with Gasteiger partial charge in [-0.25, -0.2) is 0 Å². The number of benzene rings is 1. The summed E-state index contributed by atoms with van der Waals surface area (Å²) in [6, 6.07) is 6.78. The molecule has 4 nitrogen and oxygen atoms in total. The summed E-state index contributed by atoms with van der Waals surface area (Å²) in [6.07, 6.45) is 2.52. The van der Waals surface area contributed by atoms with Crippen LogP contribution in [0.4, 0.5) is 11.4 Å². The zero-order valence-electron chi connectivity index (χ0n) is 12.4. The second-order valence-electron chi connectivity index (χ2n) is 6.13. The van der Waals surface area contributed by atoms with Crippen LogP contribution in [0.25, 0.3) is 0 Å². The summed E-state index contributed by atoms with van der Waals surface area (Å²) in [4.78, 5) is 14.4. The van der Waals surface area contributed by atoms with Crippen molar-refractivity contribution >= 4 is 17.3 Å². The van der Waals surface area contributed by atoms with Crippen LogP contribution in [0.15, 0.2) is 18.2 Å². The predicted molar refractivity (Wildman–Crippen MR) is 82.1 cm³/mol. The van der Waals surface area contributed by atoms with Gasteiger partial charge in [0.1, 0.15) is 6.04 Å². The number of hydrogen-bond donors (Lipinski definition) is 2. The molecule has 0 radical (unpaired) electrons. The lowest BCUT2D eigenvalue weighted by atomic mass is 10.0. The molecule has 0 aromatic heterocycles. The number of carbonyl (C=O) groups is 1. The Morgan fingerprint density at radius 2 is 2.20 bits per heavy atom. The maximum atomic E-state index is 11.9. The van der Waals surface area contributed by atoms with Crippen LogP contribution >= 0.6 is 0 Å². The molecule has 0 aliphatic carbocycles. The van der Waals surface area contributed by atoms with Crippen LogP contribution in [0.2, 0.25) is 0 Å². The molecular weight excluding hydrogens is 250 g/mol. The first-order valence-electron chi connectivity index (χ1n) is 7.50. The smallest absolute Gasteiger partial charge is 0.246 e. The average molecular weight is 273 g/mol. The second-order valence-corrected chi connectivity index (χ2v) is 6.13. The quantitative estimate of drug-likeness (QED) is 0.889. The van der Waals surface area contributed by atoms with E-state index in [0.717, 1.165) is 17.8 Å². The number of rotatable bonds is 3. The highest BCUT2D eigenvalue weighted by atomic mass is 16.2.